The van der Waals surface area contributed by atoms with Crippen LogP contribution in [0, 0.1) is 22.7 Å². The molecule has 3 heteroatoms. The number of hydrogen-bond acceptors (Lipinski definition) is 3. The van der Waals surface area contributed by atoms with Gasteiger partial charge in [0.05, 0.1) is 12.7 Å². The standard InChI is InChI=1S/C52H98O3/c1-46(36-38-48-47(2)37-39-49-51(3,4)50(54)40-42-52(48,49)5)41-45-55-44-35-33-31-29-27-25-23-21-19-17-15-13-11-9-7-6-8-10-12-14-16-18-20-22-24-26-28-30-32-34-43-53/h37,41,48-50,53-54H,6-36,38-40,42-45H2,1-5H3/b46-41+/t48-,49-,50-,52+/m1/s1. The van der Waals surface area contributed by atoms with E-state index in [1.807, 2.05) is 0 Å². The lowest BCUT2D eigenvalue weighted by Gasteiger charge is -2.58. The Balaban J connectivity index is 1.26. The molecule has 0 saturated heterocycles. The van der Waals surface area contributed by atoms with Crippen molar-refractivity contribution in [3.05, 3.63) is 23.3 Å². The van der Waals surface area contributed by atoms with Crippen molar-refractivity contribution >= 4 is 0 Å². The van der Waals surface area contributed by atoms with E-state index >= 15 is 0 Å². The van der Waals surface area contributed by atoms with Crippen LogP contribution < -0.4 is 0 Å². The third-order valence-electron chi connectivity index (χ3n) is 14.6. The molecule has 0 bridgehead atoms. The zero-order valence-electron chi connectivity index (χ0n) is 38.1. The SMILES string of the molecule is CC1=CC[C@@H]2C(C)(C)[C@H](O)CC[C@@]2(C)[C@@H]1CC/C(C)=C/COCCCCCCCCCCCCCCCCCCCCCCCCCCCCCCCCO. The van der Waals surface area contributed by atoms with Crippen LogP contribution in [0.3, 0.4) is 0 Å². The fraction of sp³-hybridized carbons (Fsp3) is 0.923. The molecular formula is C52H98O3. The fourth-order valence-electron chi connectivity index (χ4n) is 10.6. The summed E-state index contributed by atoms with van der Waals surface area (Å²) in [6.45, 7) is 13.8. The third-order valence-corrected chi connectivity index (χ3v) is 14.6. The van der Waals surface area contributed by atoms with Gasteiger partial charge in [0.15, 0.2) is 0 Å². The summed E-state index contributed by atoms with van der Waals surface area (Å²) in [4.78, 5) is 0. The minimum atomic E-state index is -0.165. The highest BCUT2D eigenvalue weighted by molar-refractivity contribution is 5.20. The van der Waals surface area contributed by atoms with E-state index < -0.39 is 0 Å². The Labute approximate surface area is 345 Å². The van der Waals surface area contributed by atoms with Crippen LogP contribution in [-0.2, 0) is 4.74 Å². The van der Waals surface area contributed by atoms with Gasteiger partial charge in [0.25, 0.3) is 0 Å². The lowest BCUT2D eigenvalue weighted by Crippen LogP contribution is -2.54. The molecule has 2 rings (SSSR count). The van der Waals surface area contributed by atoms with E-state index in [1.165, 1.54) is 198 Å². The number of hydrogen-bond donors (Lipinski definition) is 2. The summed E-state index contributed by atoms with van der Waals surface area (Å²) in [5.74, 6) is 1.20. The summed E-state index contributed by atoms with van der Waals surface area (Å²) in [7, 11) is 0. The Morgan fingerprint density at radius 3 is 1.42 bits per heavy atom. The Morgan fingerprint density at radius 1 is 0.636 bits per heavy atom. The zero-order valence-corrected chi connectivity index (χ0v) is 38.1. The van der Waals surface area contributed by atoms with E-state index in [0.29, 0.717) is 23.9 Å². The van der Waals surface area contributed by atoms with Gasteiger partial charge in [-0.2, -0.15) is 0 Å². The number of aliphatic hydroxyl groups excluding tert-OH is 2. The number of ether oxygens (including phenoxy) is 1. The minimum absolute atomic E-state index is 0.00297. The highest BCUT2D eigenvalue weighted by Gasteiger charge is 2.54. The van der Waals surface area contributed by atoms with Crippen LogP contribution in [-0.4, -0.2) is 36.1 Å². The van der Waals surface area contributed by atoms with E-state index in [4.69, 9.17) is 9.84 Å². The predicted octanol–water partition coefficient (Wildman–Crippen LogP) is 16.2. The van der Waals surface area contributed by atoms with Gasteiger partial charge in [-0.1, -0.05) is 224 Å². The Kier molecular flexibility index (Phi) is 29.6. The molecule has 3 nitrogen and oxygen atoms in total. The summed E-state index contributed by atoms with van der Waals surface area (Å²) in [6, 6.07) is 0. The summed E-state index contributed by atoms with van der Waals surface area (Å²) >= 11 is 0. The average Bonchev–Trinajstić information content (AvgIpc) is 3.16. The molecule has 1 fully saturated rings. The lowest BCUT2D eigenvalue weighted by molar-refractivity contribution is -0.115. The van der Waals surface area contributed by atoms with Gasteiger partial charge in [0.2, 0.25) is 0 Å². The van der Waals surface area contributed by atoms with Crippen molar-refractivity contribution in [2.45, 2.75) is 265 Å². The van der Waals surface area contributed by atoms with E-state index in [9.17, 15) is 5.11 Å². The van der Waals surface area contributed by atoms with Crippen LogP contribution in [0.2, 0.25) is 0 Å². The number of aliphatic hydroxyl groups is 2. The van der Waals surface area contributed by atoms with Gasteiger partial charge in [0.1, 0.15) is 0 Å². The second-order valence-electron chi connectivity index (χ2n) is 19.7. The number of unbranched alkanes of at least 4 members (excludes halogenated alkanes) is 29. The largest absolute Gasteiger partial charge is 0.396 e. The summed E-state index contributed by atoms with van der Waals surface area (Å²) in [6.07, 6.45) is 52.4. The van der Waals surface area contributed by atoms with Crippen molar-refractivity contribution in [2.75, 3.05) is 19.8 Å². The molecule has 55 heavy (non-hydrogen) atoms. The van der Waals surface area contributed by atoms with E-state index in [0.717, 1.165) is 45.3 Å². The molecule has 0 aliphatic heterocycles. The molecule has 2 aliphatic carbocycles. The Bertz CT molecular complexity index is 950. The first-order valence-electron chi connectivity index (χ1n) is 24.9. The summed E-state index contributed by atoms with van der Waals surface area (Å²) < 4.78 is 6.01. The average molecular weight is 771 g/mol. The second kappa shape index (κ2) is 32.2. The summed E-state index contributed by atoms with van der Waals surface area (Å²) in [5, 5.41) is 19.6. The molecule has 1 saturated carbocycles. The topological polar surface area (TPSA) is 49.7 Å². The second-order valence-corrected chi connectivity index (χ2v) is 19.7. The molecule has 0 heterocycles. The molecule has 0 aromatic carbocycles. The maximum Gasteiger partial charge on any atom is 0.0649 e. The van der Waals surface area contributed by atoms with Crippen molar-refractivity contribution in [2.24, 2.45) is 22.7 Å². The molecule has 4 atom stereocenters. The monoisotopic (exact) mass is 771 g/mol. The van der Waals surface area contributed by atoms with E-state index in [-0.39, 0.29) is 11.5 Å². The van der Waals surface area contributed by atoms with Crippen molar-refractivity contribution in [1.82, 2.24) is 0 Å². The maximum absolute atomic E-state index is 10.7. The first-order valence-corrected chi connectivity index (χ1v) is 24.9. The molecule has 0 unspecified atom stereocenters. The van der Waals surface area contributed by atoms with Crippen LogP contribution in [0.15, 0.2) is 23.3 Å². The van der Waals surface area contributed by atoms with Gasteiger partial charge in [-0.05, 0) is 81.5 Å². The maximum atomic E-state index is 10.7. The van der Waals surface area contributed by atoms with Gasteiger partial charge in [-0.3, -0.25) is 0 Å². The molecular weight excluding hydrogens is 673 g/mol. The van der Waals surface area contributed by atoms with Crippen LogP contribution >= 0.6 is 0 Å². The van der Waals surface area contributed by atoms with Crippen LogP contribution in [0.5, 0.6) is 0 Å². The molecule has 0 amide bonds. The molecule has 0 radical (unpaired) electrons. The van der Waals surface area contributed by atoms with Gasteiger partial charge < -0.3 is 14.9 Å². The first kappa shape index (κ1) is 50.5. The van der Waals surface area contributed by atoms with Crippen LogP contribution in [0.4, 0.5) is 0 Å². The number of fused-ring (bicyclic) bond motifs is 1. The van der Waals surface area contributed by atoms with Gasteiger partial charge >= 0.3 is 0 Å². The van der Waals surface area contributed by atoms with Gasteiger partial charge in [-0.15, -0.1) is 0 Å². The third kappa shape index (κ3) is 22.3. The van der Waals surface area contributed by atoms with E-state index in [1.54, 1.807) is 5.57 Å². The first-order chi connectivity index (χ1) is 26.7. The van der Waals surface area contributed by atoms with Crippen LogP contribution in [0.25, 0.3) is 0 Å². The highest BCUT2D eigenvalue weighted by Crippen LogP contribution is 2.60. The highest BCUT2D eigenvalue weighted by atomic mass is 16.5. The molecule has 0 spiro atoms. The molecule has 0 aromatic rings. The minimum Gasteiger partial charge on any atom is -0.396 e. The van der Waals surface area contributed by atoms with E-state index in [2.05, 4.69) is 46.8 Å². The Hall–Kier alpha value is -0.640. The quantitative estimate of drug-likeness (QED) is 0.0489. The fourth-order valence-corrected chi connectivity index (χ4v) is 10.6. The predicted molar refractivity (Wildman–Crippen MR) is 242 cm³/mol. The Morgan fingerprint density at radius 2 is 1.02 bits per heavy atom. The van der Waals surface area contributed by atoms with Gasteiger partial charge in [-0.25, -0.2) is 0 Å². The molecule has 2 N–H and O–H groups in total. The summed E-state index contributed by atoms with van der Waals surface area (Å²) in [5.41, 5.74) is 3.36. The lowest BCUT2D eigenvalue weighted by atomic mass is 9.47. The number of allylic oxidation sites excluding steroid dienone is 3. The molecule has 324 valence electrons. The molecule has 2 aliphatic rings. The smallest absolute Gasteiger partial charge is 0.0649 e. The van der Waals surface area contributed by atoms with Gasteiger partial charge in [0, 0.05) is 13.2 Å². The van der Waals surface area contributed by atoms with Crippen LogP contribution in [0.1, 0.15) is 259 Å². The van der Waals surface area contributed by atoms with Crippen molar-refractivity contribution in [3.63, 3.8) is 0 Å². The number of rotatable bonds is 37. The zero-order chi connectivity index (χ0) is 39.9. The molecule has 0 aromatic heterocycles. The van der Waals surface area contributed by atoms with Crippen molar-refractivity contribution in [1.29, 1.82) is 0 Å². The van der Waals surface area contributed by atoms with Crippen molar-refractivity contribution in [3.8, 4) is 0 Å². The van der Waals surface area contributed by atoms with Crippen molar-refractivity contribution < 1.29 is 14.9 Å². The normalized spacial score (nSPS) is 22.6.